The number of nitrogens with zero attached hydrogens (tertiary/aromatic N) is 5. The highest BCUT2D eigenvalue weighted by molar-refractivity contribution is 5.89. The second-order valence-corrected chi connectivity index (χ2v) is 6.96. The predicted octanol–water partition coefficient (Wildman–Crippen LogP) is 3.13. The zero-order valence-corrected chi connectivity index (χ0v) is 15.5. The number of hydrogen-bond donors (Lipinski definition) is 1. The first kappa shape index (κ1) is 17.3. The lowest BCUT2D eigenvalue weighted by Gasteiger charge is -2.25. The summed E-state index contributed by atoms with van der Waals surface area (Å²) < 4.78 is 3.74. The fraction of sp³-hybridized carbons (Fsp3) is 0.350. The number of amides is 2. The van der Waals surface area contributed by atoms with Crippen LogP contribution in [-0.2, 0) is 13.1 Å². The molecule has 2 amide bonds. The third-order valence-corrected chi connectivity index (χ3v) is 4.91. The van der Waals surface area contributed by atoms with Crippen molar-refractivity contribution in [2.75, 3.05) is 11.9 Å². The maximum atomic E-state index is 12.9. The largest absolute Gasteiger partial charge is 0.323 e. The van der Waals surface area contributed by atoms with Crippen LogP contribution in [0.1, 0.15) is 24.1 Å². The van der Waals surface area contributed by atoms with Gasteiger partial charge in [-0.25, -0.2) is 9.48 Å². The van der Waals surface area contributed by atoms with Gasteiger partial charge in [0, 0.05) is 25.0 Å². The zero-order chi connectivity index (χ0) is 18.6. The monoisotopic (exact) mass is 364 g/mol. The molecule has 1 aliphatic heterocycles. The molecule has 7 heteroatoms. The topological polar surface area (TPSA) is 68.0 Å². The van der Waals surface area contributed by atoms with Crippen LogP contribution < -0.4 is 5.32 Å². The maximum Gasteiger partial charge on any atom is 0.323 e. The molecule has 0 spiro atoms. The molecular weight excluding hydrogens is 340 g/mol. The van der Waals surface area contributed by atoms with Gasteiger partial charge in [-0.05, 0) is 31.4 Å². The molecule has 4 rings (SSSR count). The van der Waals surface area contributed by atoms with Gasteiger partial charge < -0.3 is 4.90 Å². The first-order valence-electron chi connectivity index (χ1n) is 9.32. The van der Waals surface area contributed by atoms with Crippen LogP contribution in [0.3, 0.4) is 0 Å². The molecule has 1 saturated heterocycles. The molecule has 2 aromatic heterocycles. The Morgan fingerprint density at radius 3 is 2.89 bits per heavy atom. The fourth-order valence-electron chi connectivity index (χ4n) is 3.62. The normalized spacial score (nSPS) is 16.6. The van der Waals surface area contributed by atoms with Gasteiger partial charge in [0.05, 0.1) is 24.8 Å². The van der Waals surface area contributed by atoms with E-state index in [-0.39, 0.29) is 12.1 Å². The van der Waals surface area contributed by atoms with Gasteiger partial charge in [0.1, 0.15) is 5.82 Å². The van der Waals surface area contributed by atoms with E-state index < -0.39 is 0 Å². The highest BCUT2D eigenvalue weighted by Crippen LogP contribution is 2.21. The smallest absolute Gasteiger partial charge is 0.320 e. The summed E-state index contributed by atoms with van der Waals surface area (Å²) in [7, 11) is 0. The third-order valence-electron chi connectivity index (χ3n) is 4.91. The molecule has 1 N–H and O–H groups in total. The van der Waals surface area contributed by atoms with Gasteiger partial charge in [-0.1, -0.05) is 30.3 Å². The van der Waals surface area contributed by atoms with Crippen molar-refractivity contribution in [3.05, 3.63) is 66.1 Å². The highest BCUT2D eigenvalue weighted by atomic mass is 16.2. The van der Waals surface area contributed by atoms with Crippen molar-refractivity contribution in [1.29, 1.82) is 0 Å². The Labute approximate surface area is 158 Å². The molecule has 140 valence electrons. The summed E-state index contributed by atoms with van der Waals surface area (Å²) in [4.78, 5) is 14.8. The number of anilines is 1. The minimum absolute atomic E-state index is 0.0705. The van der Waals surface area contributed by atoms with E-state index in [1.165, 1.54) is 0 Å². The SMILES string of the molecule is Cc1cc(NC(=O)N2CCC[C@@H]2Cn2cccn2)n(Cc2ccccc2)n1. The summed E-state index contributed by atoms with van der Waals surface area (Å²) in [5.41, 5.74) is 2.03. The Balaban J connectivity index is 1.46. The average Bonchev–Trinajstić information content (AvgIpc) is 3.39. The van der Waals surface area contributed by atoms with Gasteiger partial charge in [-0.3, -0.25) is 10.00 Å². The van der Waals surface area contributed by atoms with Crippen LogP contribution in [0, 0.1) is 6.92 Å². The lowest BCUT2D eigenvalue weighted by atomic mass is 10.2. The molecule has 1 atom stereocenters. The summed E-state index contributed by atoms with van der Waals surface area (Å²) in [5.74, 6) is 0.728. The molecule has 27 heavy (non-hydrogen) atoms. The summed E-state index contributed by atoms with van der Waals surface area (Å²) in [6, 6.07) is 14.0. The van der Waals surface area contributed by atoms with Crippen molar-refractivity contribution >= 4 is 11.8 Å². The Hall–Kier alpha value is -3.09. The van der Waals surface area contributed by atoms with Gasteiger partial charge >= 0.3 is 6.03 Å². The van der Waals surface area contributed by atoms with Gasteiger partial charge in [0.2, 0.25) is 0 Å². The summed E-state index contributed by atoms with van der Waals surface area (Å²) in [6.07, 6.45) is 5.72. The van der Waals surface area contributed by atoms with Crippen molar-refractivity contribution in [3.63, 3.8) is 0 Å². The number of benzene rings is 1. The molecule has 0 aliphatic carbocycles. The number of urea groups is 1. The second kappa shape index (κ2) is 7.65. The molecular formula is C20H24N6O. The molecule has 0 saturated carbocycles. The number of aromatic nitrogens is 4. The number of aryl methyl sites for hydroxylation is 1. The number of likely N-dealkylation sites (tertiary alicyclic amines) is 1. The van der Waals surface area contributed by atoms with Gasteiger partial charge in [-0.15, -0.1) is 0 Å². The second-order valence-electron chi connectivity index (χ2n) is 6.96. The molecule has 3 aromatic rings. The average molecular weight is 364 g/mol. The number of hydrogen-bond acceptors (Lipinski definition) is 3. The van der Waals surface area contributed by atoms with E-state index in [0.29, 0.717) is 6.54 Å². The van der Waals surface area contributed by atoms with Crippen LogP contribution in [-0.4, -0.2) is 43.1 Å². The van der Waals surface area contributed by atoms with Crippen molar-refractivity contribution in [2.24, 2.45) is 0 Å². The van der Waals surface area contributed by atoms with Crippen molar-refractivity contribution < 1.29 is 4.79 Å². The Kier molecular flexibility index (Phi) is 4.91. The van der Waals surface area contributed by atoms with Crippen molar-refractivity contribution in [1.82, 2.24) is 24.5 Å². The van der Waals surface area contributed by atoms with Crippen LogP contribution in [0.15, 0.2) is 54.9 Å². The molecule has 1 fully saturated rings. The van der Waals surface area contributed by atoms with Crippen LogP contribution in [0.2, 0.25) is 0 Å². The number of nitrogens with one attached hydrogen (secondary N) is 1. The van der Waals surface area contributed by atoms with Crippen LogP contribution in [0.4, 0.5) is 10.6 Å². The predicted molar refractivity (Wildman–Crippen MR) is 103 cm³/mol. The van der Waals surface area contributed by atoms with Crippen molar-refractivity contribution in [3.8, 4) is 0 Å². The quantitative estimate of drug-likeness (QED) is 0.756. The van der Waals surface area contributed by atoms with Gasteiger partial charge in [-0.2, -0.15) is 10.2 Å². The fourth-order valence-corrected chi connectivity index (χ4v) is 3.62. The van der Waals surface area contributed by atoms with E-state index in [9.17, 15) is 4.79 Å². The standard InChI is InChI=1S/C20H24N6O/c1-16-13-19(26(23-16)14-17-7-3-2-4-8-17)22-20(27)25-12-5-9-18(25)15-24-11-6-10-21-24/h2-4,6-8,10-11,13,18H,5,9,12,14-15H2,1H3,(H,22,27)/t18-/m1/s1. The molecule has 3 heterocycles. The lowest BCUT2D eigenvalue weighted by molar-refractivity contribution is 0.199. The minimum Gasteiger partial charge on any atom is -0.320 e. The number of carbonyl (C=O) groups is 1. The molecule has 0 bridgehead atoms. The summed E-state index contributed by atoms with van der Waals surface area (Å²) >= 11 is 0. The van der Waals surface area contributed by atoms with E-state index in [2.05, 4.69) is 27.6 Å². The molecule has 1 aromatic carbocycles. The third kappa shape index (κ3) is 4.02. The summed E-state index contributed by atoms with van der Waals surface area (Å²) in [5, 5.41) is 11.9. The minimum atomic E-state index is -0.0705. The first-order chi connectivity index (χ1) is 13.2. The number of rotatable bonds is 5. The molecule has 1 aliphatic rings. The highest BCUT2D eigenvalue weighted by Gasteiger charge is 2.29. The Morgan fingerprint density at radius 2 is 2.11 bits per heavy atom. The number of carbonyl (C=O) groups excluding carboxylic acids is 1. The van der Waals surface area contributed by atoms with E-state index in [4.69, 9.17) is 0 Å². The molecule has 0 unspecified atom stereocenters. The van der Waals surface area contributed by atoms with Crippen LogP contribution in [0.25, 0.3) is 0 Å². The lowest BCUT2D eigenvalue weighted by Crippen LogP contribution is -2.41. The van der Waals surface area contributed by atoms with E-state index >= 15 is 0 Å². The molecule has 7 nitrogen and oxygen atoms in total. The Bertz CT molecular complexity index is 887. The first-order valence-corrected chi connectivity index (χ1v) is 9.32. The van der Waals surface area contributed by atoms with Gasteiger partial charge in [0.25, 0.3) is 0 Å². The summed E-state index contributed by atoms with van der Waals surface area (Å²) in [6.45, 7) is 4.06. The zero-order valence-electron chi connectivity index (χ0n) is 15.5. The molecule has 0 radical (unpaired) electrons. The van der Waals surface area contributed by atoms with Gasteiger partial charge in [0.15, 0.2) is 0 Å². The van der Waals surface area contributed by atoms with Crippen LogP contribution in [0.5, 0.6) is 0 Å². The Morgan fingerprint density at radius 1 is 1.26 bits per heavy atom. The van der Waals surface area contributed by atoms with Crippen LogP contribution >= 0.6 is 0 Å². The van der Waals surface area contributed by atoms with Crippen molar-refractivity contribution in [2.45, 2.75) is 38.9 Å². The maximum absolute atomic E-state index is 12.9. The van der Waals surface area contributed by atoms with E-state index in [1.54, 1.807) is 6.20 Å². The van der Waals surface area contributed by atoms with E-state index in [0.717, 1.165) is 43.0 Å². The van der Waals surface area contributed by atoms with E-state index in [1.807, 2.05) is 57.7 Å².